The lowest BCUT2D eigenvalue weighted by Gasteiger charge is -2.26. The Balaban J connectivity index is 1.67. The van der Waals surface area contributed by atoms with Crippen molar-refractivity contribution in [3.8, 4) is 22.3 Å². The molecule has 1 aliphatic carbocycles. The summed E-state index contributed by atoms with van der Waals surface area (Å²) in [6.07, 6.45) is 7.36. The largest absolute Gasteiger partial charge is 0.308 e. The summed E-state index contributed by atoms with van der Waals surface area (Å²) in [5.74, 6) is 0. The fraction of sp³-hybridized carbons (Fsp3) is 0. The summed E-state index contributed by atoms with van der Waals surface area (Å²) in [7, 11) is 0. The Morgan fingerprint density at radius 2 is 1.28 bits per heavy atom. The van der Waals surface area contributed by atoms with Crippen LogP contribution >= 0.6 is 0 Å². The van der Waals surface area contributed by atoms with E-state index in [0.717, 1.165) is 17.1 Å². The molecule has 3 aromatic carbocycles. The second-order valence-corrected chi connectivity index (χ2v) is 7.16. The van der Waals surface area contributed by atoms with Crippen LogP contribution in [0, 0.1) is 0 Å². The van der Waals surface area contributed by atoms with E-state index >= 15 is 0 Å². The first-order valence-corrected chi connectivity index (χ1v) is 9.67. The number of benzene rings is 3. The third-order valence-electron chi connectivity index (χ3n) is 5.59. The minimum Gasteiger partial charge on any atom is -0.308 e. The Kier molecular flexibility index (Phi) is 3.47. The predicted octanol–water partition coefficient (Wildman–Crippen LogP) is 6.75. The number of nitrogens with zero attached hydrogens (tertiary/aromatic N) is 3. The van der Waals surface area contributed by atoms with Gasteiger partial charge in [-0.3, -0.25) is 9.97 Å². The molecule has 0 saturated heterocycles. The van der Waals surface area contributed by atoms with Gasteiger partial charge in [0.05, 0.1) is 17.6 Å². The Morgan fingerprint density at radius 3 is 2.03 bits per heavy atom. The average Bonchev–Trinajstić information content (AvgIpc) is 3.13. The van der Waals surface area contributed by atoms with Crippen LogP contribution in [0.5, 0.6) is 0 Å². The van der Waals surface area contributed by atoms with E-state index in [1.165, 1.54) is 33.0 Å². The number of aromatic nitrogens is 2. The molecule has 5 aromatic rings. The SMILES string of the molecule is c1cncc(N(c2ccncc2)c2ccc3c4c(cccc24)-c2ccccc2-3)c1. The summed E-state index contributed by atoms with van der Waals surface area (Å²) in [6.45, 7) is 0. The highest BCUT2D eigenvalue weighted by Crippen LogP contribution is 2.50. The smallest absolute Gasteiger partial charge is 0.0645 e. The molecular weight excluding hydrogens is 354 g/mol. The molecule has 1 aliphatic rings. The molecule has 0 saturated carbocycles. The van der Waals surface area contributed by atoms with Crippen molar-refractivity contribution >= 4 is 27.8 Å². The molecule has 29 heavy (non-hydrogen) atoms. The van der Waals surface area contributed by atoms with Crippen molar-refractivity contribution in [2.45, 2.75) is 0 Å². The van der Waals surface area contributed by atoms with E-state index in [1.807, 2.05) is 36.8 Å². The maximum atomic E-state index is 4.36. The minimum absolute atomic E-state index is 1.02. The van der Waals surface area contributed by atoms with Gasteiger partial charge in [0.25, 0.3) is 0 Å². The molecule has 136 valence electrons. The lowest BCUT2D eigenvalue weighted by Crippen LogP contribution is -2.10. The highest BCUT2D eigenvalue weighted by molar-refractivity contribution is 6.19. The molecule has 6 rings (SSSR count). The van der Waals surface area contributed by atoms with Crippen molar-refractivity contribution in [1.82, 2.24) is 9.97 Å². The third-order valence-corrected chi connectivity index (χ3v) is 5.59. The topological polar surface area (TPSA) is 29.0 Å². The summed E-state index contributed by atoms with van der Waals surface area (Å²) in [5.41, 5.74) is 8.44. The maximum absolute atomic E-state index is 4.36. The summed E-state index contributed by atoms with van der Waals surface area (Å²) in [5, 5.41) is 2.55. The molecule has 0 fully saturated rings. The highest BCUT2D eigenvalue weighted by atomic mass is 15.1. The van der Waals surface area contributed by atoms with Gasteiger partial charge in [-0.2, -0.15) is 0 Å². The molecule has 0 bridgehead atoms. The van der Waals surface area contributed by atoms with Crippen LogP contribution in [0.15, 0.2) is 104 Å². The minimum atomic E-state index is 1.02. The number of pyridine rings is 2. The van der Waals surface area contributed by atoms with Crippen LogP contribution in [-0.2, 0) is 0 Å². The van der Waals surface area contributed by atoms with E-state index in [4.69, 9.17) is 0 Å². The molecule has 2 heterocycles. The number of hydrogen-bond acceptors (Lipinski definition) is 3. The monoisotopic (exact) mass is 371 g/mol. The average molecular weight is 371 g/mol. The van der Waals surface area contributed by atoms with E-state index in [9.17, 15) is 0 Å². The molecule has 0 N–H and O–H groups in total. The van der Waals surface area contributed by atoms with Crippen LogP contribution in [0.25, 0.3) is 33.0 Å². The summed E-state index contributed by atoms with van der Waals surface area (Å²) < 4.78 is 0. The van der Waals surface area contributed by atoms with Gasteiger partial charge in [-0.15, -0.1) is 0 Å². The van der Waals surface area contributed by atoms with Gasteiger partial charge in [-0.05, 0) is 58.0 Å². The van der Waals surface area contributed by atoms with Gasteiger partial charge >= 0.3 is 0 Å². The van der Waals surface area contributed by atoms with Gasteiger partial charge in [-0.25, -0.2) is 0 Å². The second-order valence-electron chi connectivity index (χ2n) is 7.16. The normalized spacial score (nSPS) is 11.4. The van der Waals surface area contributed by atoms with Gasteiger partial charge < -0.3 is 4.90 Å². The van der Waals surface area contributed by atoms with Crippen LogP contribution in [0.1, 0.15) is 0 Å². The molecule has 0 spiro atoms. The predicted molar refractivity (Wildman–Crippen MR) is 119 cm³/mol. The molecule has 3 nitrogen and oxygen atoms in total. The standard InChI is InChI=1S/C26H17N3/c1-2-7-21-20(6-1)22-8-3-9-24-25(11-10-23(21)26(22)24)29(18-12-15-27-16-13-18)19-5-4-14-28-17-19/h1-17H. The number of fused-ring (bicyclic) bond motifs is 3. The summed E-state index contributed by atoms with van der Waals surface area (Å²) in [4.78, 5) is 10.8. The molecule has 0 atom stereocenters. The zero-order valence-corrected chi connectivity index (χ0v) is 15.7. The molecule has 0 aliphatic heterocycles. The van der Waals surface area contributed by atoms with Gasteiger partial charge in [0.1, 0.15) is 0 Å². The van der Waals surface area contributed by atoms with Gasteiger partial charge in [0.15, 0.2) is 0 Å². The number of anilines is 3. The first-order valence-electron chi connectivity index (χ1n) is 9.67. The first kappa shape index (κ1) is 16.0. The van der Waals surface area contributed by atoms with Crippen LogP contribution in [0.4, 0.5) is 17.1 Å². The van der Waals surface area contributed by atoms with Crippen molar-refractivity contribution in [2.75, 3.05) is 4.90 Å². The number of rotatable bonds is 3. The zero-order valence-electron chi connectivity index (χ0n) is 15.7. The van der Waals surface area contributed by atoms with Crippen molar-refractivity contribution in [2.24, 2.45) is 0 Å². The van der Waals surface area contributed by atoms with E-state index in [-0.39, 0.29) is 0 Å². The highest BCUT2D eigenvalue weighted by Gasteiger charge is 2.24. The Labute approximate surface area is 168 Å². The maximum Gasteiger partial charge on any atom is 0.0645 e. The molecule has 2 aromatic heterocycles. The fourth-order valence-corrected chi connectivity index (χ4v) is 4.39. The van der Waals surface area contributed by atoms with Crippen LogP contribution in [0.2, 0.25) is 0 Å². The van der Waals surface area contributed by atoms with Gasteiger partial charge in [-0.1, -0.05) is 48.5 Å². The molecule has 0 radical (unpaired) electrons. The quantitative estimate of drug-likeness (QED) is 0.345. The van der Waals surface area contributed by atoms with Crippen molar-refractivity contribution in [3.63, 3.8) is 0 Å². The van der Waals surface area contributed by atoms with E-state index in [0.29, 0.717) is 0 Å². The fourth-order valence-electron chi connectivity index (χ4n) is 4.39. The molecule has 0 amide bonds. The Morgan fingerprint density at radius 1 is 0.517 bits per heavy atom. The van der Waals surface area contributed by atoms with Crippen molar-refractivity contribution in [1.29, 1.82) is 0 Å². The molecule has 3 heteroatoms. The summed E-state index contributed by atoms with van der Waals surface area (Å²) in [6, 6.07) is 27.8. The van der Waals surface area contributed by atoms with Gasteiger partial charge in [0, 0.05) is 29.7 Å². The van der Waals surface area contributed by atoms with E-state index in [2.05, 4.69) is 75.5 Å². The van der Waals surface area contributed by atoms with Crippen LogP contribution in [-0.4, -0.2) is 9.97 Å². The third kappa shape index (κ3) is 2.38. The van der Waals surface area contributed by atoms with Crippen LogP contribution in [0.3, 0.4) is 0 Å². The van der Waals surface area contributed by atoms with E-state index < -0.39 is 0 Å². The summed E-state index contributed by atoms with van der Waals surface area (Å²) >= 11 is 0. The van der Waals surface area contributed by atoms with Gasteiger partial charge in [0.2, 0.25) is 0 Å². The lowest BCUT2D eigenvalue weighted by atomic mass is 10.0. The second kappa shape index (κ2) is 6.28. The molecule has 0 unspecified atom stereocenters. The lowest BCUT2D eigenvalue weighted by molar-refractivity contribution is 1.22. The van der Waals surface area contributed by atoms with Crippen molar-refractivity contribution in [3.05, 3.63) is 104 Å². The molecular formula is C26H17N3. The Hall–Kier alpha value is -3.98. The van der Waals surface area contributed by atoms with Crippen LogP contribution < -0.4 is 4.90 Å². The Bertz CT molecular complexity index is 1280. The van der Waals surface area contributed by atoms with E-state index in [1.54, 1.807) is 6.20 Å². The zero-order chi connectivity index (χ0) is 19.2. The van der Waals surface area contributed by atoms with Crippen molar-refractivity contribution < 1.29 is 0 Å². The number of hydrogen-bond donors (Lipinski definition) is 0. The first-order chi connectivity index (χ1) is 14.4.